The summed E-state index contributed by atoms with van der Waals surface area (Å²) in [6.45, 7) is 3.27. The van der Waals surface area contributed by atoms with Gasteiger partial charge in [0.1, 0.15) is 0 Å². The Bertz CT molecular complexity index is 654. The van der Waals surface area contributed by atoms with Gasteiger partial charge in [0.25, 0.3) is 0 Å². The maximum Gasteiger partial charge on any atom is 0.336 e. The maximum atomic E-state index is 11.2. The highest BCUT2D eigenvalue weighted by atomic mass is 16.5. The molecule has 2 aromatic rings. The van der Waals surface area contributed by atoms with Crippen LogP contribution in [0.3, 0.4) is 0 Å². The van der Waals surface area contributed by atoms with Gasteiger partial charge in [0.15, 0.2) is 0 Å². The van der Waals surface area contributed by atoms with Crippen LogP contribution in [0.15, 0.2) is 36.7 Å². The molecule has 0 aliphatic carbocycles. The fourth-order valence-electron chi connectivity index (χ4n) is 2.40. The third-order valence-electron chi connectivity index (χ3n) is 3.48. The topological polar surface area (TPSA) is 54.7 Å². The molecule has 0 bridgehead atoms. The van der Waals surface area contributed by atoms with Crippen LogP contribution in [0.4, 0.5) is 0 Å². The van der Waals surface area contributed by atoms with Crippen molar-refractivity contribution in [3.63, 3.8) is 0 Å². The van der Waals surface area contributed by atoms with Crippen LogP contribution < -0.4 is 0 Å². The molecule has 2 heterocycles. The third kappa shape index (κ3) is 2.40. The number of benzene rings is 1. The molecular formula is C15H16N2O3. The van der Waals surface area contributed by atoms with Crippen LogP contribution >= 0.6 is 0 Å². The molecule has 1 saturated heterocycles. The minimum Gasteiger partial charge on any atom is -0.478 e. The number of morpholine rings is 1. The summed E-state index contributed by atoms with van der Waals surface area (Å²) in [4.78, 5) is 13.4. The molecule has 0 atom stereocenters. The zero-order valence-electron chi connectivity index (χ0n) is 11.0. The van der Waals surface area contributed by atoms with Crippen molar-refractivity contribution in [2.45, 2.75) is 0 Å². The van der Waals surface area contributed by atoms with Gasteiger partial charge in [-0.3, -0.25) is 0 Å². The highest BCUT2D eigenvalue weighted by Gasteiger charge is 2.10. The van der Waals surface area contributed by atoms with E-state index in [0.29, 0.717) is 5.56 Å². The number of ether oxygens (including phenoxy) is 1. The second kappa shape index (κ2) is 5.38. The van der Waals surface area contributed by atoms with E-state index in [9.17, 15) is 9.90 Å². The van der Waals surface area contributed by atoms with Gasteiger partial charge in [0.2, 0.25) is 0 Å². The van der Waals surface area contributed by atoms with Crippen molar-refractivity contribution in [1.29, 1.82) is 0 Å². The lowest BCUT2D eigenvalue weighted by atomic mass is 10.1. The molecule has 1 aromatic heterocycles. The molecule has 5 heteroatoms. The summed E-state index contributed by atoms with van der Waals surface area (Å²) < 4.78 is 7.24. The van der Waals surface area contributed by atoms with Crippen molar-refractivity contribution in [3.8, 4) is 0 Å². The van der Waals surface area contributed by atoms with Crippen molar-refractivity contribution < 1.29 is 14.6 Å². The molecule has 1 aliphatic heterocycles. The minimum atomic E-state index is -0.898. The number of aromatic carboxylic acids is 1. The summed E-state index contributed by atoms with van der Waals surface area (Å²) in [7, 11) is 0. The standard InChI is InChI=1S/C15H16N2O3/c18-15(19)13-2-1-3-14-12(13)4-5-17(14)7-6-16-8-10-20-11-9-16/h1-7H,8-11H2,(H,18,19)/b7-6+. The average molecular weight is 272 g/mol. The number of carboxylic acids is 1. The average Bonchev–Trinajstić information content (AvgIpc) is 2.89. The Hall–Kier alpha value is -2.27. The summed E-state index contributed by atoms with van der Waals surface area (Å²) in [5, 5.41) is 9.93. The molecule has 1 fully saturated rings. The van der Waals surface area contributed by atoms with Crippen molar-refractivity contribution in [2.75, 3.05) is 26.3 Å². The van der Waals surface area contributed by atoms with E-state index in [2.05, 4.69) is 4.90 Å². The molecule has 1 aliphatic rings. The molecule has 0 unspecified atom stereocenters. The lowest BCUT2D eigenvalue weighted by Gasteiger charge is -2.24. The number of nitrogens with zero attached hydrogens (tertiary/aromatic N) is 2. The lowest BCUT2D eigenvalue weighted by Crippen LogP contribution is -2.32. The van der Waals surface area contributed by atoms with Gasteiger partial charge in [-0.1, -0.05) is 6.07 Å². The van der Waals surface area contributed by atoms with Gasteiger partial charge >= 0.3 is 5.97 Å². The highest BCUT2D eigenvalue weighted by Crippen LogP contribution is 2.20. The van der Waals surface area contributed by atoms with E-state index < -0.39 is 5.97 Å². The Labute approximate surface area is 116 Å². The van der Waals surface area contributed by atoms with E-state index in [1.165, 1.54) is 0 Å². The second-order valence-electron chi connectivity index (χ2n) is 4.71. The van der Waals surface area contributed by atoms with Crippen LogP contribution in [0.25, 0.3) is 17.1 Å². The number of carbonyl (C=O) groups is 1. The van der Waals surface area contributed by atoms with E-state index in [1.54, 1.807) is 12.1 Å². The van der Waals surface area contributed by atoms with E-state index >= 15 is 0 Å². The van der Waals surface area contributed by atoms with Crippen LogP contribution in [0.2, 0.25) is 0 Å². The fraction of sp³-hybridized carbons (Fsp3) is 0.267. The molecular weight excluding hydrogens is 256 g/mol. The summed E-state index contributed by atoms with van der Waals surface area (Å²) in [5.74, 6) is -0.898. The molecule has 0 saturated carbocycles. The number of aromatic nitrogens is 1. The first-order chi connectivity index (χ1) is 9.75. The predicted octanol–water partition coefficient (Wildman–Crippen LogP) is 2.10. The van der Waals surface area contributed by atoms with E-state index in [-0.39, 0.29) is 0 Å². The third-order valence-corrected chi connectivity index (χ3v) is 3.48. The van der Waals surface area contributed by atoms with Gasteiger partial charge in [-0.15, -0.1) is 0 Å². The van der Waals surface area contributed by atoms with E-state index in [1.807, 2.05) is 35.3 Å². The molecule has 1 N–H and O–H groups in total. The molecule has 0 amide bonds. The van der Waals surface area contributed by atoms with E-state index in [4.69, 9.17) is 4.74 Å². The normalized spacial score (nSPS) is 16.1. The maximum absolute atomic E-state index is 11.2. The molecule has 20 heavy (non-hydrogen) atoms. The monoisotopic (exact) mass is 272 g/mol. The molecule has 3 rings (SSSR count). The number of carboxylic acid groups (broad SMARTS) is 1. The zero-order chi connectivity index (χ0) is 13.9. The fourth-order valence-corrected chi connectivity index (χ4v) is 2.40. The summed E-state index contributed by atoms with van der Waals surface area (Å²) in [5.41, 5.74) is 1.23. The van der Waals surface area contributed by atoms with E-state index in [0.717, 1.165) is 37.2 Å². The number of fused-ring (bicyclic) bond motifs is 1. The molecule has 0 spiro atoms. The van der Waals surface area contributed by atoms with Crippen molar-refractivity contribution in [1.82, 2.24) is 9.47 Å². The van der Waals surface area contributed by atoms with Gasteiger partial charge in [0.05, 0.1) is 24.3 Å². The van der Waals surface area contributed by atoms with Gasteiger partial charge in [-0.2, -0.15) is 0 Å². The first-order valence-corrected chi connectivity index (χ1v) is 6.59. The van der Waals surface area contributed by atoms with Crippen LogP contribution in [-0.4, -0.2) is 46.8 Å². The summed E-state index contributed by atoms with van der Waals surface area (Å²) in [6.07, 6.45) is 5.86. The Balaban J connectivity index is 1.90. The first-order valence-electron chi connectivity index (χ1n) is 6.59. The van der Waals surface area contributed by atoms with Crippen molar-refractivity contribution >= 4 is 23.1 Å². The molecule has 5 nitrogen and oxygen atoms in total. The predicted molar refractivity (Wildman–Crippen MR) is 76.6 cm³/mol. The van der Waals surface area contributed by atoms with Gasteiger partial charge in [0, 0.05) is 37.1 Å². The number of hydrogen-bond donors (Lipinski definition) is 1. The molecule has 1 aromatic carbocycles. The second-order valence-corrected chi connectivity index (χ2v) is 4.71. The van der Waals surface area contributed by atoms with Crippen LogP contribution in [0.1, 0.15) is 10.4 Å². The van der Waals surface area contributed by atoms with Crippen LogP contribution in [0, 0.1) is 0 Å². The lowest BCUT2D eigenvalue weighted by molar-refractivity contribution is 0.0596. The summed E-state index contributed by atoms with van der Waals surface area (Å²) in [6, 6.07) is 7.15. The number of hydrogen-bond acceptors (Lipinski definition) is 3. The number of rotatable bonds is 3. The van der Waals surface area contributed by atoms with Crippen molar-refractivity contribution in [2.24, 2.45) is 0 Å². The van der Waals surface area contributed by atoms with Crippen molar-refractivity contribution in [3.05, 3.63) is 42.2 Å². The Morgan fingerprint density at radius 1 is 1.20 bits per heavy atom. The van der Waals surface area contributed by atoms with Crippen LogP contribution in [-0.2, 0) is 4.74 Å². The Kier molecular flexibility index (Phi) is 3.43. The zero-order valence-corrected chi connectivity index (χ0v) is 11.0. The largest absolute Gasteiger partial charge is 0.478 e. The highest BCUT2D eigenvalue weighted by molar-refractivity contribution is 6.03. The summed E-state index contributed by atoms with van der Waals surface area (Å²) >= 11 is 0. The van der Waals surface area contributed by atoms with Gasteiger partial charge in [-0.05, 0) is 18.2 Å². The van der Waals surface area contributed by atoms with Crippen LogP contribution in [0.5, 0.6) is 0 Å². The Morgan fingerprint density at radius 2 is 2.00 bits per heavy atom. The minimum absolute atomic E-state index is 0.334. The van der Waals surface area contributed by atoms with Gasteiger partial charge in [-0.25, -0.2) is 4.79 Å². The smallest absolute Gasteiger partial charge is 0.336 e. The first kappa shape index (κ1) is 12.7. The molecule has 104 valence electrons. The molecule has 0 radical (unpaired) electrons. The van der Waals surface area contributed by atoms with Gasteiger partial charge < -0.3 is 19.3 Å². The Morgan fingerprint density at radius 3 is 2.75 bits per heavy atom. The quantitative estimate of drug-likeness (QED) is 0.929. The SMILES string of the molecule is O=C(O)c1cccc2c1ccn2/C=C/N1CCOCC1.